The molecular formula is C11H19NO2. The third kappa shape index (κ3) is 2.15. The molecule has 14 heavy (non-hydrogen) atoms. The van der Waals surface area contributed by atoms with E-state index in [-0.39, 0.29) is 17.9 Å². The highest BCUT2D eigenvalue weighted by Gasteiger charge is 2.32. The molecule has 2 N–H and O–H groups in total. The van der Waals surface area contributed by atoms with Crippen molar-refractivity contribution in [2.24, 2.45) is 17.6 Å². The summed E-state index contributed by atoms with van der Waals surface area (Å²) in [5.41, 5.74) is 5.82. The molecule has 0 bridgehead atoms. The maximum Gasteiger partial charge on any atom is 0.139 e. The van der Waals surface area contributed by atoms with E-state index in [9.17, 15) is 4.79 Å². The summed E-state index contributed by atoms with van der Waals surface area (Å²) in [5.74, 6) is 0.980. The minimum Gasteiger partial charge on any atom is -0.381 e. The summed E-state index contributed by atoms with van der Waals surface area (Å²) in [5, 5.41) is 0. The molecule has 0 aromatic heterocycles. The van der Waals surface area contributed by atoms with Crippen molar-refractivity contribution in [1.29, 1.82) is 0 Å². The molecule has 2 aliphatic rings. The fourth-order valence-corrected chi connectivity index (χ4v) is 2.59. The zero-order chi connectivity index (χ0) is 9.97. The van der Waals surface area contributed by atoms with Crippen LogP contribution in [-0.2, 0) is 9.53 Å². The van der Waals surface area contributed by atoms with E-state index in [4.69, 9.17) is 10.5 Å². The smallest absolute Gasteiger partial charge is 0.139 e. The first-order valence-corrected chi connectivity index (χ1v) is 5.64. The Morgan fingerprint density at radius 3 is 2.36 bits per heavy atom. The summed E-state index contributed by atoms with van der Waals surface area (Å²) < 4.78 is 5.26. The Bertz CT molecular complexity index is 205. The summed E-state index contributed by atoms with van der Waals surface area (Å²) in [6, 6.07) is 0.267. The van der Waals surface area contributed by atoms with Crippen LogP contribution in [0.15, 0.2) is 0 Å². The van der Waals surface area contributed by atoms with Crippen LogP contribution in [0.4, 0.5) is 0 Å². The van der Waals surface area contributed by atoms with Gasteiger partial charge in [0.15, 0.2) is 0 Å². The normalized spacial score (nSPS) is 34.6. The molecule has 1 aliphatic heterocycles. The van der Waals surface area contributed by atoms with Crippen molar-refractivity contribution >= 4 is 5.78 Å². The quantitative estimate of drug-likeness (QED) is 0.721. The summed E-state index contributed by atoms with van der Waals surface area (Å²) in [7, 11) is 0. The second kappa shape index (κ2) is 4.41. The molecule has 0 radical (unpaired) electrons. The van der Waals surface area contributed by atoms with Gasteiger partial charge in [-0.3, -0.25) is 4.79 Å². The van der Waals surface area contributed by atoms with Gasteiger partial charge in [0.05, 0.1) is 0 Å². The van der Waals surface area contributed by atoms with Crippen LogP contribution >= 0.6 is 0 Å². The predicted molar refractivity (Wildman–Crippen MR) is 53.9 cm³/mol. The number of carbonyl (C=O) groups is 1. The van der Waals surface area contributed by atoms with Gasteiger partial charge in [0.1, 0.15) is 5.78 Å². The Morgan fingerprint density at radius 1 is 1.07 bits per heavy atom. The van der Waals surface area contributed by atoms with E-state index in [2.05, 4.69) is 0 Å². The first-order chi connectivity index (χ1) is 6.77. The first kappa shape index (κ1) is 10.1. The number of ether oxygens (including phenoxy) is 1. The zero-order valence-corrected chi connectivity index (χ0v) is 8.58. The number of carbonyl (C=O) groups excluding carboxylic acids is 1. The molecule has 1 saturated carbocycles. The SMILES string of the molecule is NC1CCC(C(=O)C2CCOCC2)C1. The summed E-state index contributed by atoms with van der Waals surface area (Å²) >= 11 is 0. The van der Waals surface area contributed by atoms with Crippen molar-refractivity contribution in [2.45, 2.75) is 38.1 Å². The lowest BCUT2D eigenvalue weighted by molar-refractivity contribution is -0.129. The number of hydrogen-bond donors (Lipinski definition) is 1. The largest absolute Gasteiger partial charge is 0.381 e. The zero-order valence-electron chi connectivity index (χ0n) is 8.58. The Balaban J connectivity index is 1.87. The fourth-order valence-electron chi connectivity index (χ4n) is 2.59. The average molecular weight is 197 g/mol. The first-order valence-electron chi connectivity index (χ1n) is 5.64. The highest BCUT2D eigenvalue weighted by atomic mass is 16.5. The van der Waals surface area contributed by atoms with Crippen molar-refractivity contribution in [3.8, 4) is 0 Å². The van der Waals surface area contributed by atoms with Crippen LogP contribution in [0, 0.1) is 11.8 Å². The lowest BCUT2D eigenvalue weighted by Crippen LogP contribution is -2.28. The minimum atomic E-state index is 0.257. The number of nitrogens with two attached hydrogens (primary N) is 1. The maximum atomic E-state index is 12.0. The Hall–Kier alpha value is -0.410. The van der Waals surface area contributed by atoms with Crippen LogP contribution in [0.2, 0.25) is 0 Å². The monoisotopic (exact) mass is 197 g/mol. The Kier molecular flexibility index (Phi) is 3.19. The molecule has 2 unspecified atom stereocenters. The number of ketones is 1. The van der Waals surface area contributed by atoms with E-state index < -0.39 is 0 Å². The Morgan fingerprint density at radius 2 is 1.79 bits per heavy atom. The lowest BCUT2D eigenvalue weighted by atomic mass is 9.86. The number of rotatable bonds is 2. The van der Waals surface area contributed by atoms with Crippen LogP contribution in [-0.4, -0.2) is 25.0 Å². The van der Waals surface area contributed by atoms with Crippen molar-refractivity contribution in [3.05, 3.63) is 0 Å². The minimum absolute atomic E-state index is 0.257. The predicted octanol–water partition coefficient (Wildman–Crippen LogP) is 1.11. The number of Topliss-reactive ketones (excluding diaryl/α,β-unsaturated/α-hetero) is 1. The molecule has 1 heterocycles. The van der Waals surface area contributed by atoms with E-state index in [1.54, 1.807) is 0 Å². The van der Waals surface area contributed by atoms with Crippen molar-refractivity contribution in [1.82, 2.24) is 0 Å². The van der Waals surface area contributed by atoms with E-state index >= 15 is 0 Å². The van der Waals surface area contributed by atoms with Crippen LogP contribution < -0.4 is 5.73 Å². The maximum absolute atomic E-state index is 12.0. The van der Waals surface area contributed by atoms with Crippen molar-refractivity contribution in [3.63, 3.8) is 0 Å². The van der Waals surface area contributed by atoms with Crippen LogP contribution in [0.5, 0.6) is 0 Å². The van der Waals surface area contributed by atoms with Gasteiger partial charge in [0, 0.05) is 31.1 Å². The standard InChI is InChI=1S/C11H19NO2/c12-10-2-1-9(7-10)11(13)8-3-5-14-6-4-8/h8-10H,1-7,12H2. The molecule has 1 saturated heterocycles. The molecule has 1 aliphatic carbocycles. The van der Waals surface area contributed by atoms with Gasteiger partial charge in [0.25, 0.3) is 0 Å². The molecule has 2 rings (SSSR count). The van der Waals surface area contributed by atoms with Gasteiger partial charge >= 0.3 is 0 Å². The molecule has 0 aromatic rings. The van der Waals surface area contributed by atoms with Gasteiger partial charge in [-0.1, -0.05) is 0 Å². The molecule has 0 amide bonds. The summed E-state index contributed by atoms with van der Waals surface area (Å²) in [6.07, 6.45) is 4.79. The van der Waals surface area contributed by atoms with E-state index in [1.165, 1.54) is 0 Å². The van der Waals surface area contributed by atoms with Crippen molar-refractivity contribution in [2.75, 3.05) is 13.2 Å². The topological polar surface area (TPSA) is 52.3 Å². The molecule has 2 fully saturated rings. The van der Waals surface area contributed by atoms with Crippen LogP contribution in [0.3, 0.4) is 0 Å². The van der Waals surface area contributed by atoms with Gasteiger partial charge in [-0.2, -0.15) is 0 Å². The highest BCUT2D eigenvalue weighted by molar-refractivity contribution is 5.83. The molecule has 3 nitrogen and oxygen atoms in total. The van der Waals surface area contributed by atoms with Gasteiger partial charge in [-0.25, -0.2) is 0 Å². The van der Waals surface area contributed by atoms with Crippen LogP contribution in [0.25, 0.3) is 0 Å². The van der Waals surface area contributed by atoms with Gasteiger partial charge in [0.2, 0.25) is 0 Å². The summed E-state index contributed by atoms with van der Waals surface area (Å²) in [4.78, 5) is 12.0. The fraction of sp³-hybridized carbons (Fsp3) is 0.909. The highest BCUT2D eigenvalue weighted by Crippen LogP contribution is 2.30. The molecule has 2 atom stereocenters. The third-order valence-corrected chi connectivity index (χ3v) is 3.50. The third-order valence-electron chi connectivity index (χ3n) is 3.50. The second-order valence-electron chi connectivity index (χ2n) is 4.56. The molecule has 0 aromatic carbocycles. The van der Waals surface area contributed by atoms with E-state index in [0.29, 0.717) is 5.78 Å². The average Bonchev–Trinajstić information content (AvgIpc) is 2.65. The Labute approximate surface area is 85.0 Å². The van der Waals surface area contributed by atoms with E-state index in [0.717, 1.165) is 45.3 Å². The van der Waals surface area contributed by atoms with Gasteiger partial charge in [-0.15, -0.1) is 0 Å². The van der Waals surface area contributed by atoms with Gasteiger partial charge < -0.3 is 10.5 Å². The van der Waals surface area contributed by atoms with Crippen molar-refractivity contribution < 1.29 is 9.53 Å². The van der Waals surface area contributed by atoms with Gasteiger partial charge in [-0.05, 0) is 32.1 Å². The second-order valence-corrected chi connectivity index (χ2v) is 4.56. The van der Waals surface area contributed by atoms with Crippen LogP contribution in [0.1, 0.15) is 32.1 Å². The molecular weight excluding hydrogens is 178 g/mol. The lowest BCUT2D eigenvalue weighted by Gasteiger charge is -2.23. The molecule has 3 heteroatoms. The van der Waals surface area contributed by atoms with E-state index in [1.807, 2.05) is 0 Å². The number of hydrogen-bond acceptors (Lipinski definition) is 3. The molecule has 0 spiro atoms. The summed E-state index contributed by atoms with van der Waals surface area (Å²) in [6.45, 7) is 1.52. The molecule has 80 valence electrons.